The highest BCUT2D eigenvalue weighted by molar-refractivity contribution is 9.10. The molecule has 1 N–H and O–H groups in total. The standard InChI is InChI=1S/C29H43BrO6/c1-15-6-11-29(34-14-15)16(2)23-21(36-29)12-20-22-19(8-9-26(20,23)4)27(5)10-7-18(35-17(3)31)13-28(27,33)25(32)24(22)30/h15-16,18-24,33H,6-14H2,1-5H3/t15-,16-,18+,19+,20+,21-,22+,23+,24-,26+,27+,28-,29+/m0/s1. The zero-order chi connectivity index (χ0) is 25.8. The molecule has 4 aliphatic carbocycles. The third-order valence-corrected chi connectivity index (χ3v) is 13.2. The number of aliphatic hydroxyl groups is 1. The van der Waals surface area contributed by atoms with E-state index in [4.69, 9.17) is 14.2 Å². The lowest BCUT2D eigenvalue weighted by molar-refractivity contribution is -0.273. The number of carbonyl (C=O) groups excluding carboxylic acids is 2. The Hall–Kier alpha value is -0.500. The first-order chi connectivity index (χ1) is 16.9. The number of Topliss-reactive ketones (excluding diaryl/α,β-unsaturated/α-hetero) is 1. The van der Waals surface area contributed by atoms with Crippen LogP contribution in [0.5, 0.6) is 0 Å². The molecule has 6 rings (SSSR count). The normalized spacial score (nSPS) is 58.1. The number of hydrogen-bond donors (Lipinski definition) is 1. The van der Waals surface area contributed by atoms with Gasteiger partial charge in [-0.15, -0.1) is 0 Å². The van der Waals surface area contributed by atoms with Crippen LogP contribution < -0.4 is 0 Å². The topological polar surface area (TPSA) is 82.1 Å². The Morgan fingerprint density at radius 3 is 2.53 bits per heavy atom. The predicted molar refractivity (Wildman–Crippen MR) is 137 cm³/mol. The van der Waals surface area contributed by atoms with E-state index in [2.05, 4.69) is 43.6 Å². The second-order valence-corrected chi connectivity index (χ2v) is 14.8. The van der Waals surface area contributed by atoms with Gasteiger partial charge in [0.15, 0.2) is 11.6 Å². The highest BCUT2D eigenvalue weighted by Gasteiger charge is 2.74. The predicted octanol–water partition coefficient (Wildman–Crippen LogP) is 5.03. The molecule has 202 valence electrons. The number of ether oxygens (including phenoxy) is 3. The van der Waals surface area contributed by atoms with E-state index in [9.17, 15) is 14.7 Å². The summed E-state index contributed by atoms with van der Waals surface area (Å²) in [6.07, 6.45) is 6.57. The van der Waals surface area contributed by atoms with Crippen LogP contribution in [-0.4, -0.2) is 51.9 Å². The molecule has 6 fully saturated rings. The molecule has 6 nitrogen and oxygen atoms in total. The lowest BCUT2D eigenvalue weighted by Gasteiger charge is -2.64. The van der Waals surface area contributed by atoms with Gasteiger partial charge in [0.2, 0.25) is 0 Å². The minimum atomic E-state index is -1.47. The van der Waals surface area contributed by atoms with Crippen LogP contribution >= 0.6 is 15.9 Å². The Bertz CT molecular complexity index is 946. The summed E-state index contributed by atoms with van der Waals surface area (Å²) in [4.78, 5) is 25.2. The van der Waals surface area contributed by atoms with E-state index in [1.807, 2.05) is 0 Å². The quantitative estimate of drug-likeness (QED) is 0.354. The minimum absolute atomic E-state index is 0.0915. The fourth-order valence-electron chi connectivity index (χ4n) is 10.3. The van der Waals surface area contributed by atoms with Crippen LogP contribution in [0, 0.1) is 46.3 Å². The summed E-state index contributed by atoms with van der Waals surface area (Å²) in [5.41, 5.74) is -1.89. The molecule has 2 aliphatic heterocycles. The average Bonchev–Trinajstić information content (AvgIpc) is 3.26. The Morgan fingerprint density at radius 1 is 1.11 bits per heavy atom. The van der Waals surface area contributed by atoms with Gasteiger partial charge in [0.05, 0.1) is 17.5 Å². The fourth-order valence-corrected chi connectivity index (χ4v) is 11.4. The van der Waals surface area contributed by atoms with Crippen molar-refractivity contribution < 1.29 is 28.9 Å². The van der Waals surface area contributed by atoms with Crippen LogP contribution in [0.1, 0.15) is 86.0 Å². The molecule has 6 aliphatic rings. The van der Waals surface area contributed by atoms with Gasteiger partial charge >= 0.3 is 5.97 Å². The van der Waals surface area contributed by atoms with Crippen molar-refractivity contribution >= 4 is 27.7 Å². The van der Waals surface area contributed by atoms with Crippen molar-refractivity contribution in [3.05, 3.63) is 0 Å². The monoisotopic (exact) mass is 566 g/mol. The number of rotatable bonds is 1. The molecule has 36 heavy (non-hydrogen) atoms. The maximum atomic E-state index is 14.0. The largest absolute Gasteiger partial charge is 0.462 e. The minimum Gasteiger partial charge on any atom is -0.462 e. The van der Waals surface area contributed by atoms with Crippen LogP contribution in [0.15, 0.2) is 0 Å². The molecule has 0 unspecified atom stereocenters. The molecule has 4 saturated carbocycles. The zero-order valence-electron chi connectivity index (χ0n) is 22.4. The Balaban J connectivity index is 1.30. The van der Waals surface area contributed by atoms with Gasteiger partial charge in [-0.1, -0.05) is 43.6 Å². The highest BCUT2D eigenvalue weighted by Crippen LogP contribution is 2.72. The summed E-state index contributed by atoms with van der Waals surface area (Å²) in [5.74, 6) is 1.24. The van der Waals surface area contributed by atoms with Gasteiger partial charge in [-0.2, -0.15) is 0 Å². The first-order valence-electron chi connectivity index (χ1n) is 14.3. The molecule has 0 amide bonds. The van der Waals surface area contributed by atoms with Crippen LogP contribution in [0.2, 0.25) is 0 Å². The van der Waals surface area contributed by atoms with E-state index >= 15 is 0 Å². The first kappa shape index (κ1) is 25.8. The summed E-state index contributed by atoms with van der Waals surface area (Å²) >= 11 is 3.84. The van der Waals surface area contributed by atoms with Crippen LogP contribution in [0.4, 0.5) is 0 Å². The van der Waals surface area contributed by atoms with Crippen molar-refractivity contribution in [1.29, 1.82) is 0 Å². The SMILES string of the molecule is CC(=O)O[C@@H]1CC[C@]2(C)[C@@H]3CC[C@@]4(C)[C@H]5[C@H](C[C@@H]4[C@@H]3[C@H](Br)C(=O)[C@@]2(O)C1)O[C@]1(CC[C@H](C)CO1)[C@H]5C. The molecule has 1 spiro atoms. The van der Waals surface area contributed by atoms with E-state index in [1.165, 1.54) is 6.92 Å². The van der Waals surface area contributed by atoms with Gasteiger partial charge in [-0.05, 0) is 73.5 Å². The lowest BCUT2D eigenvalue weighted by atomic mass is 9.42. The molecular weight excluding hydrogens is 524 g/mol. The summed E-state index contributed by atoms with van der Waals surface area (Å²) in [6.45, 7) is 11.4. The van der Waals surface area contributed by atoms with E-state index < -0.39 is 27.7 Å². The third-order valence-electron chi connectivity index (χ3n) is 12.2. The average molecular weight is 568 g/mol. The van der Waals surface area contributed by atoms with Crippen LogP contribution in [0.3, 0.4) is 0 Å². The van der Waals surface area contributed by atoms with Gasteiger partial charge < -0.3 is 19.3 Å². The molecule has 7 heteroatoms. The number of halogens is 1. The van der Waals surface area contributed by atoms with Crippen molar-refractivity contribution in [1.82, 2.24) is 0 Å². The second kappa shape index (κ2) is 8.25. The number of esters is 1. The molecule has 2 saturated heterocycles. The maximum absolute atomic E-state index is 14.0. The first-order valence-corrected chi connectivity index (χ1v) is 15.2. The van der Waals surface area contributed by atoms with Crippen molar-refractivity contribution in [3.63, 3.8) is 0 Å². The number of fused-ring (bicyclic) bond motifs is 7. The molecule has 0 aromatic heterocycles. The number of hydrogen-bond acceptors (Lipinski definition) is 6. The Morgan fingerprint density at radius 2 is 1.86 bits per heavy atom. The van der Waals surface area contributed by atoms with Gasteiger partial charge in [0.25, 0.3) is 0 Å². The van der Waals surface area contributed by atoms with Gasteiger partial charge in [-0.3, -0.25) is 9.59 Å². The number of ketones is 1. The Labute approximate surface area is 223 Å². The molecular formula is C29H43BrO6. The van der Waals surface area contributed by atoms with Crippen molar-refractivity contribution in [2.75, 3.05) is 6.61 Å². The Kier molecular flexibility index (Phi) is 5.90. The highest BCUT2D eigenvalue weighted by atomic mass is 79.9. The van der Waals surface area contributed by atoms with Gasteiger partial charge in [0, 0.05) is 31.1 Å². The summed E-state index contributed by atoms with van der Waals surface area (Å²) in [5, 5.41) is 12.0. The van der Waals surface area contributed by atoms with Gasteiger partial charge in [0.1, 0.15) is 11.7 Å². The van der Waals surface area contributed by atoms with Crippen molar-refractivity contribution in [2.24, 2.45) is 46.3 Å². The van der Waals surface area contributed by atoms with Gasteiger partial charge in [-0.25, -0.2) is 0 Å². The summed E-state index contributed by atoms with van der Waals surface area (Å²) in [7, 11) is 0. The second-order valence-electron chi connectivity index (χ2n) is 13.8. The molecule has 2 heterocycles. The van der Waals surface area contributed by atoms with E-state index in [0.29, 0.717) is 36.5 Å². The fraction of sp³-hybridized carbons (Fsp3) is 0.931. The molecule has 0 aromatic rings. The third kappa shape index (κ3) is 3.24. The molecule has 0 bridgehead atoms. The molecule has 0 aromatic carbocycles. The van der Waals surface area contributed by atoms with Crippen LogP contribution in [0.25, 0.3) is 0 Å². The number of alkyl halides is 1. The summed E-state index contributed by atoms with van der Waals surface area (Å²) in [6, 6.07) is 0. The van der Waals surface area contributed by atoms with E-state index in [1.54, 1.807) is 0 Å². The van der Waals surface area contributed by atoms with Crippen LogP contribution in [-0.2, 0) is 23.8 Å². The molecule has 0 radical (unpaired) electrons. The smallest absolute Gasteiger partial charge is 0.302 e. The zero-order valence-corrected chi connectivity index (χ0v) is 24.0. The summed E-state index contributed by atoms with van der Waals surface area (Å²) < 4.78 is 18.8. The number of carbonyl (C=O) groups is 2. The van der Waals surface area contributed by atoms with Crippen molar-refractivity contribution in [2.45, 2.75) is 114 Å². The maximum Gasteiger partial charge on any atom is 0.302 e. The van der Waals surface area contributed by atoms with E-state index in [0.717, 1.165) is 38.7 Å². The lowest BCUT2D eigenvalue weighted by Crippen LogP contribution is -2.70. The van der Waals surface area contributed by atoms with Crippen molar-refractivity contribution in [3.8, 4) is 0 Å². The van der Waals surface area contributed by atoms with E-state index in [-0.39, 0.29) is 41.5 Å². The molecule has 13 atom stereocenters.